The van der Waals surface area contributed by atoms with Gasteiger partial charge in [0.05, 0.1) is 6.04 Å². The summed E-state index contributed by atoms with van der Waals surface area (Å²) in [4.78, 5) is 13.3. The Hall–Kier alpha value is -0.665. The molecule has 4 atom stereocenters. The number of amides is 1. The maximum atomic E-state index is 11.5. The van der Waals surface area contributed by atoms with Crippen molar-refractivity contribution in [3.8, 4) is 0 Å². The van der Waals surface area contributed by atoms with Gasteiger partial charge in [0.1, 0.15) is 13.4 Å². The van der Waals surface area contributed by atoms with Crippen molar-refractivity contribution in [2.45, 2.75) is 55.9 Å². The van der Waals surface area contributed by atoms with Gasteiger partial charge in [-0.25, -0.2) is 4.79 Å². The molecular weight excluding hydrogens is 189 g/mol. The van der Waals surface area contributed by atoms with E-state index in [0.29, 0.717) is 16.7 Å². The molecule has 0 aromatic carbocycles. The minimum absolute atomic E-state index is 0.127. The number of ether oxygens (including phenoxy) is 1. The van der Waals surface area contributed by atoms with Crippen LogP contribution in [0, 0.1) is 0 Å². The normalized spacial score (nSPS) is 52.5. The number of rotatable bonds is 0. The largest absolute Gasteiger partial charge is 0.444 e. The molecule has 1 aliphatic carbocycles. The highest BCUT2D eigenvalue weighted by Gasteiger charge is 2.65. The third kappa shape index (κ3) is 1.11. The molecule has 2 heterocycles. The van der Waals surface area contributed by atoms with Gasteiger partial charge in [-0.1, -0.05) is 30.9 Å². The van der Waals surface area contributed by atoms with Crippen LogP contribution in [0.4, 0.5) is 4.79 Å². The van der Waals surface area contributed by atoms with Crippen LogP contribution in [-0.4, -0.2) is 37.5 Å². The standard InChI is InChI=1S/C11H18BNO2/c1-10-5-4-7-8(6-11(10,2)12-10)15-9(14)13(7)3/h7-8,12H,4-6H2,1-3H3. The van der Waals surface area contributed by atoms with E-state index in [2.05, 4.69) is 13.8 Å². The quantitative estimate of drug-likeness (QED) is 0.567. The molecule has 3 fully saturated rings. The second-order valence-corrected chi connectivity index (χ2v) is 6.14. The van der Waals surface area contributed by atoms with Gasteiger partial charge in [0.15, 0.2) is 0 Å². The molecule has 15 heavy (non-hydrogen) atoms. The molecule has 1 saturated carbocycles. The van der Waals surface area contributed by atoms with Gasteiger partial charge in [-0.05, 0) is 12.8 Å². The van der Waals surface area contributed by atoms with Gasteiger partial charge in [0, 0.05) is 7.05 Å². The number of hydrogen-bond acceptors (Lipinski definition) is 2. The van der Waals surface area contributed by atoms with Gasteiger partial charge in [-0.3, -0.25) is 0 Å². The Morgan fingerprint density at radius 1 is 1.47 bits per heavy atom. The average molecular weight is 207 g/mol. The number of carbonyl (C=O) groups excluding carboxylic acids is 1. The van der Waals surface area contributed by atoms with E-state index in [4.69, 9.17) is 4.74 Å². The van der Waals surface area contributed by atoms with E-state index in [0.717, 1.165) is 12.8 Å². The van der Waals surface area contributed by atoms with Crippen molar-refractivity contribution in [1.82, 2.24) is 4.90 Å². The number of nitrogens with zero attached hydrogens (tertiary/aromatic N) is 1. The molecule has 3 aliphatic rings. The second kappa shape index (κ2) is 2.53. The van der Waals surface area contributed by atoms with Crippen molar-refractivity contribution < 1.29 is 9.53 Å². The summed E-state index contributed by atoms with van der Waals surface area (Å²) < 4.78 is 5.45. The molecule has 0 aromatic heterocycles. The monoisotopic (exact) mass is 207 g/mol. The van der Waals surface area contributed by atoms with Crippen molar-refractivity contribution in [3.63, 3.8) is 0 Å². The number of likely N-dealkylation sites (N-methyl/N-ethyl adjacent to an activating group) is 1. The smallest absolute Gasteiger partial charge is 0.410 e. The van der Waals surface area contributed by atoms with Crippen molar-refractivity contribution >= 4 is 13.4 Å². The number of hydrogen-bond donors (Lipinski definition) is 0. The zero-order valence-corrected chi connectivity index (χ0v) is 9.75. The second-order valence-electron chi connectivity index (χ2n) is 6.14. The summed E-state index contributed by atoms with van der Waals surface area (Å²) in [6, 6.07) is 0.332. The van der Waals surface area contributed by atoms with Crippen LogP contribution in [0.5, 0.6) is 0 Å². The molecule has 4 heteroatoms. The predicted molar refractivity (Wildman–Crippen MR) is 59.6 cm³/mol. The lowest BCUT2D eigenvalue weighted by Crippen LogP contribution is -2.33. The maximum absolute atomic E-state index is 11.5. The van der Waals surface area contributed by atoms with Gasteiger partial charge >= 0.3 is 6.09 Å². The summed E-state index contributed by atoms with van der Waals surface area (Å²) in [5.74, 6) is 0. The fourth-order valence-corrected chi connectivity index (χ4v) is 3.67. The minimum atomic E-state index is -0.127. The lowest BCUT2D eigenvalue weighted by molar-refractivity contribution is 0.122. The summed E-state index contributed by atoms with van der Waals surface area (Å²) in [5.41, 5.74) is 0. The SMILES string of the molecule is CN1C(=O)OC2CC3(C)BC3(C)CCC21. The summed E-state index contributed by atoms with van der Waals surface area (Å²) in [6.07, 6.45) is 3.43. The topological polar surface area (TPSA) is 29.5 Å². The zero-order valence-electron chi connectivity index (χ0n) is 9.75. The summed E-state index contributed by atoms with van der Waals surface area (Å²) >= 11 is 0. The molecule has 0 N–H and O–H groups in total. The highest BCUT2D eigenvalue weighted by Crippen LogP contribution is 2.74. The van der Waals surface area contributed by atoms with Gasteiger partial charge in [-0.15, -0.1) is 0 Å². The van der Waals surface area contributed by atoms with Gasteiger partial charge in [-0.2, -0.15) is 0 Å². The Balaban J connectivity index is 1.85. The van der Waals surface area contributed by atoms with Crippen LogP contribution in [0.25, 0.3) is 0 Å². The lowest BCUT2D eigenvalue weighted by Gasteiger charge is -2.20. The van der Waals surface area contributed by atoms with Crippen molar-refractivity contribution in [3.05, 3.63) is 0 Å². The third-order valence-electron chi connectivity index (χ3n) is 5.22. The van der Waals surface area contributed by atoms with Crippen LogP contribution in [0.1, 0.15) is 33.1 Å². The van der Waals surface area contributed by atoms with Crippen molar-refractivity contribution in [1.29, 1.82) is 0 Å². The lowest BCUT2D eigenvalue weighted by atomic mass is 9.80. The molecule has 0 radical (unpaired) electrons. The predicted octanol–water partition coefficient (Wildman–Crippen LogP) is 1.80. The fraction of sp³-hybridized carbons (Fsp3) is 0.909. The summed E-state index contributed by atoms with van der Waals surface area (Å²) in [7, 11) is 3.18. The summed E-state index contributed by atoms with van der Waals surface area (Å²) in [6.45, 7) is 4.73. The van der Waals surface area contributed by atoms with Crippen LogP contribution in [0.15, 0.2) is 0 Å². The fourth-order valence-electron chi connectivity index (χ4n) is 3.67. The Morgan fingerprint density at radius 2 is 2.20 bits per heavy atom. The van der Waals surface area contributed by atoms with E-state index < -0.39 is 0 Å². The van der Waals surface area contributed by atoms with E-state index in [1.165, 1.54) is 13.7 Å². The summed E-state index contributed by atoms with van der Waals surface area (Å²) in [5, 5.41) is 0.947. The van der Waals surface area contributed by atoms with E-state index in [1.54, 1.807) is 4.90 Å². The molecule has 1 amide bonds. The molecule has 82 valence electrons. The maximum Gasteiger partial charge on any atom is 0.410 e. The molecule has 0 bridgehead atoms. The first-order chi connectivity index (χ1) is 6.95. The first-order valence-electron chi connectivity index (χ1n) is 5.89. The van der Waals surface area contributed by atoms with Crippen LogP contribution in [-0.2, 0) is 4.74 Å². The zero-order chi connectivity index (χ0) is 10.8. The highest BCUT2D eigenvalue weighted by molar-refractivity contribution is 6.59. The van der Waals surface area contributed by atoms with E-state index >= 15 is 0 Å². The minimum Gasteiger partial charge on any atom is -0.444 e. The Morgan fingerprint density at radius 3 is 2.93 bits per heavy atom. The highest BCUT2D eigenvalue weighted by atomic mass is 16.6. The average Bonchev–Trinajstić information content (AvgIpc) is 2.58. The molecule has 2 aliphatic heterocycles. The molecule has 0 spiro atoms. The van der Waals surface area contributed by atoms with Gasteiger partial charge in [0.25, 0.3) is 0 Å². The Bertz CT molecular complexity index is 335. The number of carbonyl (C=O) groups is 1. The van der Waals surface area contributed by atoms with E-state index in [9.17, 15) is 4.79 Å². The molecule has 3 nitrogen and oxygen atoms in total. The molecule has 4 unspecified atom stereocenters. The molecule has 2 saturated heterocycles. The van der Waals surface area contributed by atoms with Gasteiger partial charge < -0.3 is 9.64 Å². The van der Waals surface area contributed by atoms with E-state index in [1.807, 2.05) is 7.05 Å². The van der Waals surface area contributed by atoms with Crippen molar-refractivity contribution in [2.24, 2.45) is 0 Å². The van der Waals surface area contributed by atoms with Crippen LogP contribution < -0.4 is 0 Å². The molecule has 0 aromatic rings. The first-order valence-corrected chi connectivity index (χ1v) is 5.89. The van der Waals surface area contributed by atoms with Crippen molar-refractivity contribution in [2.75, 3.05) is 7.05 Å². The first kappa shape index (κ1) is 9.55. The van der Waals surface area contributed by atoms with Crippen LogP contribution in [0.2, 0.25) is 10.6 Å². The van der Waals surface area contributed by atoms with Crippen LogP contribution in [0.3, 0.4) is 0 Å². The molecular formula is C11H18BNO2. The van der Waals surface area contributed by atoms with Crippen LogP contribution >= 0.6 is 0 Å². The molecule has 3 rings (SSSR count). The Labute approximate surface area is 91.4 Å². The number of fused-ring (bicyclic) bond motifs is 2. The van der Waals surface area contributed by atoms with Gasteiger partial charge in [0.2, 0.25) is 0 Å². The Kier molecular flexibility index (Phi) is 1.61. The van der Waals surface area contributed by atoms with E-state index in [-0.39, 0.29) is 12.2 Å². The third-order valence-corrected chi connectivity index (χ3v) is 5.22.